The van der Waals surface area contributed by atoms with Gasteiger partial charge in [-0.05, 0) is 25.9 Å². The van der Waals surface area contributed by atoms with E-state index in [9.17, 15) is 0 Å². The summed E-state index contributed by atoms with van der Waals surface area (Å²) >= 11 is 0. The van der Waals surface area contributed by atoms with Gasteiger partial charge >= 0.3 is 0 Å². The molecule has 0 aromatic rings. The van der Waals surface area contributed by atoms with Gasteiger partial charge in [0, 0.05) is 0 Å². The average Bonchev–Trinajstić information content (AvgIpc) is 2.33. The van der Waals surface area contributed by atoms with Crippen LogP contribution in [0.25, 0.3) is 0 Å². The monoisotopic (exact) mass is 145 g/mol. The van der Waals surface area contributed by atoms with Gasteiger partial charge in [-0.25, -0.2) is 0 Å². The van der Waals surface area contributed by atoms with Gasteiger partial charge in [0.15, 0.2) is 6.29 Å². The molecule has 3 heteroatoms. The normalized spacial score (nSPS) is 28.2. The highest BCUT2D eigenvalue weighted by molar-refractivity contribution is 4.79. The number of rotatable bonds is 2. The zero-order valence-electron chi connectivity index (χ0n) is 6.32. The van der Waals surface area contributed by atoms with Crippen LogP contribution >= 0.6 is 0 Å². The van der Waals surface area contributed by atoms with E-state index in [4.69, 9.17) is 10.2 Å². The molecule has 1 aliphatic rings. The van der Waals surface area contributed by atoms with Crippen LogP contribution in [0.2, 0.25) is 0 Å². The van der Waals surface area contributed by atoms with Gasteiger partial charge in [-0.3, -0.25) is 4.90 Å². The predicted octanol–water partition coefficient (Wildman–Crippen LogP) is -0.219. The third kappa shape index (κ3) is 1.48. The molecule has 10 heavy (non-hydrogen) atoms. The molecule has 0 saturated carbocycles. The summed E-state index contributed by atoms with van der Waals surface area (Å²) in [5.74, 6) is 0. The summed E-state index contributed by atoms with van der Waals surface area (Å²) in [7, 11) is 0. The van der Waals surface area contributed by atoms with Crippen LogP contribution in [-0.2, 0) is 0 Å². The summed E-state index contributed by atoms with van der Waals surface area (Å²) in [6, 6.07) is -0.00926. The summed E-state index contributed by atoms with van der Waals surface area (Å²) in [5.41, 5.74) is 0. The van der Waals surface area contributed by atoms with Gasteiger partial charge in [-0.2, -0.15) is 0 Å². The first-order chi connectivity index (χ1) is 4.75. The van der Waals surface area contributed by atoms with Crippen molar-refractivity contribution in [2.75, 3.05) is 13.1 Å². The predicted molar refractivity (Wildman–Crippen MR) is 38.5 cm³/mol. The standard InChI is InChI=1S/C7H15NO2/c1-2-8-5-3-4-6(8)7(9)10/h6-7,9-10H,2-5H2,1H3/t6-/m0/s1. The summed E-state index contributed by atoms with van der Waals surface area (Å²) < 4.78 is 0. The lowest BCUT2D eigenvalue weighted by molar-refractivity contribution is -0.0893. The largest absolute Gasteiger partial charge is 0.367 e. The van der Waals surface area contributed by atoms with Gasteiger partial charge < -0.3 is 10.2 Å². The molecule has 1 rings (SSSR count). The van der Waals surface area contributed by atoms with E-state index in [0.717, 1.165) is 25.9 Å². The van der Waals surface area contributed by atoms with Crippen molar-refractivity contribution in [1.29, 1.82) is 0 Å². The molecule has 1 aliphatic heterocycles. The van der Waals surface area contributed by atoms with E-state index in [0.29, 0.717) is 0 Å². The van der Waals surface area contributed by atoms with Crippen molar-refractivity contribution in [3.05, 3.63) is 0 Å². The Hall–Kier alpha value is -0.120. The maximum absolute atomic E-state index is 8.87. The fourth-order valence-electron chi connectivity index (χ4n) is 1.58. The summed E-state index contributed by atoms with van der Waals surface area (Å²) in [5, 5.41) is 17.7. The number of likely N-dealkylation sites (N-methyl/N-ethyl adjacent to an activating group) is 1. The second-order valence-corrected chi connectivity index (χ2v) is 2.75. The molecule has 1 saturated heterocycles. The molecule has 0 bridgehead atoms. The maximum atomic E-state index is 8.87. The van der Waals surface area contributed by atoms with Crippen LogP contribution in [-0.4, -0.2) is 40.5 Å². The first-order valence-corrected chi connectivity index (χ1v) is 3.86. The summed E-state index contributed by atoms with van der Waals surface area (Å²) in [4.78, 5) is 2.10. The van der Waals surface area contributed by atoms with Gasteiger partial charge in [0.05, 0.1) is 6.04 Å². The molecule has 0 amide bonds. The van der Waals surface area contributed by atoms with E-state index in [1.165, 1.54) is 0 Å². The SMILES string of the molecule is CCN1CCC[C@H]1C(O)O. The molecule has 2 N–H and O–H groups in total. The van der Waals surface area contributed by atoms with Crippen LogP contribution in [0.3, 0.4) is 0 Å². The highest BCUT2D eigenvalue weighted by Gasteiger charge is 2.27. The van der Waals surface area contributed by atoms with Crippen molar-refractivity contribution in [2.24, 2.45) is 0 Å². The van der Waals surface area contributed by atoms with Gasteiger partial charge in [-0.15, -0.1) is 0 Å². The fourth-order valence-corrected chi connectivity index (χ4v) is 1.58. The molecule has 3 nitrogen and oxygen atoms in total. The van der Waals surface area contributed by atoms with Crippen LogP contribution in [0.15, 0.2) is 0 Å². The number of hydrogen-bond acceptors (Lipinski definition) is 3. The third-order valence-corrected chi connectivity index (χ3v) is 2.16. The maximum Gasteiger partial charge on any atom is 0.167 e. The lowest BCUT2D eigenvalue weighted by Crippen LogP contribution is -2.38. The zero-order valence-corrected chi connectivity index (χ0v) is 6.32. The lowest BCUT2D eigenvalue weighted by Gasteiger charge is -2.23. The van der Waals surface area contributed by atoms with E-state index < -0.39 is 6.29 Å². The van der Waals surface area contributed by atoms with Crippen LogP contribution < -0.4 is 0 Å². The third-order valence-electron chi connectivity index (χ3n) is 2.16. The van der Waals surface area contributed by atoms with E-state index in [1.54, 1.807) is 0 Å². The Morgan fingerprint density at radius 1 is 1.60 bits per heavy atom. The van der Waals surface area contributed by atoms with Crippen LogP contribution in [0.1, 0.15) is 19.8 Å². The number of aliphatic hydroxyl groups is 2. The van der Waals surface area contributed by atoms with E-state index in [-0.39, 0.29) is 6.04 Å². The molecule has 0 aromatic carbocycles. The van der Waals surface area contributed by atoms with E-state index >= 15 is 0 Å². The van der Waals surface area contributed by atoms with Crippen molar-refractivity contribution in [2.45, 2.75) is 32.1 Å². The Balaban J connectivity index is 2.42. The van der Waals surface area contributed by atoms with Crippen molar-refractivity contribution in [3.63, 3.8) is 0 Å². The Morgan fingerprint density at radius 2 is 2.30 bits per heavy atom. The molecule has 1 fully saturated rings. The fraction of sp³-hybridized carbons (Fsp3) is 1.00. The second kappa shape index (κ2) is 3.32. The first-order valence-electron chi connectivity index (χ1n) is 3.86. The molecule has 1 atom stereocenters. The van der Waals surface area contributed by atoms with Crippen molar-refractivity contribution >= 4 is 0 Å². The molecule has 0 aliphatic carbocycles. The van der Waals surface area contributed by atoms with Crippen LogP contribution in [0.5, 0.6) is 0 Å². The molecule has 60 valence electrons. The summed E-state index contributed by atoms with van der Waals surface area (Å²) in [6.45, 7) is 3.97. The average molecular weight is 145 g/mol. The Morgan fingerprint density at radius 3 is 2.70 bits per heavy atom. The highest BCUT2D eigenvalue weighted by atomic mass is 16.5. The van der Waals surface area contributed by atoms with Gasteiger partial charge in [0.25, 0.3) is 0 Å². The Labute approximate surface area is 61.3 Å². The number of nitrogens with zero attached hydrogens (tertiary/aromatic N) is 1. The highest BCUT2D eigenvalue weighted by Crippen LogP contribution is 2.18. The topological polar surface area (TPSA) is 43.7 Å². The van der Waals surface area contributed by atoms with Crippen LogP contribution in [0, 0.1) is 0 Å². The lowest BCUT2D eigenvalue weighted by atomic mass is 10.2. The van der Waals surface area contributed by atoms with E-state index in [1.807, 2.05) is 6.92 Å². The van der Waals surface area contributed by atoms with Crippen molar-refractivity contribution in [3.8, 4) is 0 Å². The molecule has 0 spiro atoms. The minimum Gasteiger partial charge on any atom is -0.367 e. The van der Waals surface area contributed by atoms with Gasteiger partial charge in [0.1, 0.15) is 0 Å². The van der Waals surface area contributed by atoms with E-state index in [2.05, 4.69) is 4.90 Å². The number of aliphatic hydroxyl groups excluding tert-OH is 1. The molecular formula is C7H15NO2. The molecule has 1 heterocycles. The summed E-state index contributed by atoms with van der Waals surface area (Å²) in [6.07, 6.45) is 0.865. The van der Waals surface area contributed by atoms with Crippen LogP contribution in [0.4, 0.5) is 0 Å². The quantitative estimate of drug-likeness (QED) is 0.528. The molecular weight excluding hydrogens is 130 g/mol. The minimum absolute atomic E-state index is 0.00926. The molecule has 0 unspecified atom stereocenters. The molecule has 0 aromatic heterocycles. The Bertz CT molecular complexity index is 106. The van der Waals surface area contributed by atoms with Gasteiger partial charge in [-0.1, -0.05) is 6.92 Å². The number of hydrogen-bond donors (Lipinski definition) is 2. The Kier molecular flexibility index (Phi) is 2.65. The first kappa shape index (κ1) is 7.98. The minimum atomic E-state index is -1.15. The van der Waals surface area contributed by atoms with Gasteiger partial charge in [0.2, 0.25) is 0 Å². The zero-order chi connectivity index (χ0) is 7.56. The second-order valence-electron chi connectivity index (χ2n) is 2.75. The van der Waals surface area contributed by atoms with Crippen molar-refractivity contribution in [1.82, 2.24) is 4.90 Å². The number of likely N-dealkylation sites (tertiary alicyclic amines) is 1. The molecule has 0 radical (unpaired) electrons. The smallest absolute Gasteiger partial charge is 0.167 e. The van der Waals surface area contributed by atoms with Crippen molar-refractivity contribution < 1.29 is 10.2 Å².